The SMILES string of the molecule is COCCNC(=NCc1ncc(C)s1)NN. The van der Waals surface area contributed by atoms with Gasteiger partial charge in [0.2, 0.25) is 5.96 Å². The van der Waals surface area contributed by atoms with Crippen LogP contribution < -0.4 is 16.6 Å². The lowest BCUT2D eigenvalue weighted by Crippen LogP contribution is -2.42. The van der Waals surface area contributed by atoms with Crippen LogP contribution in [0.5, 0.6) is 0 Å². The van der Waals surface area contributed by atoms with Crippen molar-refractivity contribution in [3.63, 3.8) is 0 Å². The number of methoxy groups -OCH3 is 1. The fourth-order valence-corrected chi connectivity index (χ4v) is 1.76. The van der Waals surface area contributed by atoms with Gasteiger partial charge in [-0.1, -0.05) is 0 Å². The Balaban J connectivity index is 2.40. The van der Waals surface area contributed by atoms with E-state index in [2.05, 4.69) is 20.7 Å². The number of aliphatic imine (C=N–C) groups is 1. The Morgan fingerprint density at radius 3 is 3.06 bits per heavy atom. The van der Waals surface area contributed by atoms with Gasteiger partial charge in [0.25, 0.3) is 0 Å². The van der Waals surface area contributed by atoms with Crippen molar-refractivity contribution < 1.29 is 4.74 Å². The molecule has 0 spiro atoms. The summed E-state index contributed by atoms with van der Waals surface area (Å²) >= 11 is 1.63. The Morgan fingerprint density at radius 1 is 1.69 bits per heavy atom. The van der Waals surface area contributed by atoms with E-state index >= 15 is 0 Å². The third kappa shape index (κ3) is 4.56. The highest BCUT2D eigenvalue weighted by molar-refractivity contribution is 7.11. The maximum absolute atomic E-state index is 5.32. The van der Waals surface area contributed by atoms with Crippen molar-refractivity contribution in [1.29, 1.82) is 0 Å². The first kappa shape index (κ1) is 12.9. The van der Waals surface area contributed by atoms with Crippen LogP contribution in [-0.2, 0) is 11.3 Å². The topological polar surface area (TPSA) is 84.6 Å². The number of nitrogens with zero attached hydrogens (tertiary/aromatic N) is 2. The largest absolute Gasteiger partial charge is 0.383 e. The normalized spacial score (nSPS) is 11.6. The average molecular weight is 243 g/mol. The fourth-order valence-electron chi connectivity index (χ4n) is 1.05. The van der Waals surface area contributed by atoms with Gasteiger partial charge in [-0.3, -0.25) is 5.43 Å². The highest BCUT2D eigenvalue weighted by atomic mass is 32.1. The zero-order valence-electron chi connectivity index (χ0n) is 9.49. The first-order valence-corrected chi connectivity index (χ1v) is 5.73. The van der Waals surface area contributed by atoms with Gasteiger partial charge in [0.15, 0.2) is 0 Å². The van der Waals surface area contributed by atoms with E-state index in [9.17, 15) is 0 Å². The van der Waals surface area contributed by atoms with Crippen LogP contribution >= 0.6 is 11.3 Å². The van der Waals surface area contributed by atoms with E-state index in [1.165, 1.54) is 4.88 Å². The number of ether oxygens (including phenoxy) is 1. The molecule has 0 fully saturated rings. The second kappa shape index (κ2) is 7.15. The van der Waals surface area contributed by atoms with E-state index in [-0.39, 0.29) is 0 Å². The summed E-state index contributed by atoms with van der Waals surface area (Å²) in [4.78, 5) is 9.65. The van der Waals surface area contributed by atoms with Crippen molar-refractivity contribution >= 4 is 17.3 Å². The monoisotopic (exact) mass is 243 g/mol. The third-order valence-electron chi connectivity index (χ3n) is 1.78. The van der Waals surface area contributed by atoms with E-state index < -0.39 is 0 Å². The molecule has 16 heavy (non-hydrogen) atoms. The minimum atomic E-state index is 0.526. The van der Waals surface area contributed by atoms with Crippen molar-refractivity contribution in [2.45, 2.75) is 13.5 Å². The molecule has 6 nitrogen and oxygen atoms in total. The summed E-state index contributed by atoms with van der Waals surface area (Å²) in [5, 5.41) is 3.98. The molecule has 0 radical (unpaired) electrons. The molecule has 1 heterocycles. The zero-order chi connectivity index (χ0) is 11.8. The first-order valence-electron chi connectivity index (χ1n) is 4.91. The van der Waals surface area contributed by atoms with E-state index in [0.717, 1.165) is 5.01 Å². The molecular weight excluding hydrogens is 226 g/mol. The zero-order valence-corrected chi connectivity index (χ0v) is 10.3. The first-order chi connectivity index (χ1) is 7.76. The number of hydrazine groups is 1. The molecule has 90 valence electrons. The van der Waals surface area contributed by atoms with Gasteiger partial charge >= 0.3 is 0 Å². The molecule has 0 aromatic carbocycles. The Hall–Kier alpha value is -1.18. The maximum atomic E-state index is 5.32. The van der Waals surface area contributed by atoms with Crippen LogP contribution in [0.25, 0.3) is 0 Å². The summed E-state index contributed by atoms with van der Waals surface area (Å²) in [7, 11) is 1.65. The standard InChI is InChI=1S/C9H17N5OS/c1-7-5-12-8(16-7)6-13-9(14-10)11-3-4-15-2/h5H,3-4,6,10H2,1-2H3,(H2,11,13,14). The second-order valence-electron chi connectivity index (χ2n) is 3.09. The van der Waals surface area contributed by atoms with Crippen molar-refractivity contribution in [1.82, 2.24) is 15.7 Å². The van der Waals surface area contributed by atoms with Crippen LogP contribution in [0.3, 0.4) is 0 Å². The second-order valence-corrected chi connectivity index (χ2v) is 4.41. The summed E-state index contributed by atoms with van der Waals surface area (Å²) in [6.07, 6.45) is 1.84. The van der Waals surface area contributed by atoms with E-state index in [0.29, 0.717) is 25.7 Å². The van der Waals surface area contributed by atoms with Crippen LogP contribution in [0.2, 0.25) is 0 Å². The molecule has 0 atom stereocenters. The number of hydrogen-bond acceptors (Lipinski definition) is 5. The highest BCUT2D eigenvalue weighted by Gasteiger charge is 1.99. The molecule has 0 unspecified atom stereocenters. The van der Waals surface area contributed by atoms with E-state index in [1.807, 2.05) is 13.1 Å². The van der Waals surface area contributed by atoms with Crippen LogP contribution in [0.4, 0.5) is 0 Å². The molecule has 0 aliphatic rings. The van der Waals surface area contributed by atoms with Gasteiger partial charge in [0.1, 0.15) is 5.01 Å². The molecule has 0 saturated heterocycles. The van der Waals surface area contributed by atoms with Gasteiger partial charge in [0, 0.05) is 24.7 Å². The molecular formula is C9H17N5OS. The number of rotatable bonds is 5. The molecule has 1 aromatic rings. The maximum Gasteiger partial charge on any atom is 0.206 e. The van der Waals surface area contributed by atoms with Gasteiger partial charge in [-0.15, -0.1) is 11.3 Å². The summed E-state index contributed by atoms with van der Waals surface area (Å²) in [6, 6.07) is 0. The number of thiazole rings is 1. The number of hydrogen-bond donors (Lipinski definition) is 3. The van der Waals surface area contributed by atoms with Crippen LogP contribution in [-0.4, -0.2) is 31.2 Å². The molecule has 1 rings (SSSR count). The van der Waals surface area contributed by atoms with Gasteiger partial charge in [0.05, 0.1) is 13.2 Å². The summed E-state index contributed by atoms with van der Waals surface area (Å²) in [6.45, 7) is 3.81. The molecule has 0 amide bonds. The number of aryl methyl sites for hydroxylation is 1. The molecule has 0 aliphatic carbocycles. The Bertz CT molecular complexity index is 338. The number of nitrogens with one attached hydrogen (secondary N) is 2. The number of nitrogens with two attached hydrogens (primary N) is 1. The minimum Gasteiger partial charge on any atom is -0.383 e. The molecule has 1 aromatic heterocycles. The predicted molar refractivity (Wildman–Crippen MR) is 65.2 cm³/mol. The smallest absolute Gasteiger partial charge is 0.206 e. The molecule has 0 bridgehead atoms. The number of aromatic nitrogens is 1. The van der Waals surface area contributed by atoms with Gasteiger partial charge < -0.3 is 10.1 Å². The van der Waals surface area contributed by atoms with Crippen LogP contribution in [0.1, 0.15) is 9.88 Å². The average Bonchev–Trinajstić information content (AvgIpc) is 2.69. The van der Waals surface area contributed by atoms with Crippen molar-refractivity contribution in [3.8, 4) is 0 Å². The van der Waals surface area contributed by atoms with E-state index in [4.69, 9.17) is 10.6 Å². The molecule has 4 N–H and O–H groups in total. The quantitative estimate of drug-likeness (QED) is 0.223. The minimum absolute atomic E-state index is 0.526. The summed E-state index contributed by atoms with van der Waals surface area (Å²) in [5.41, 5.74) is 2.50. The Morgan fingerprint density at radius 2 is 2.50 bits per heavy atom. The van der Waals surface area contributed by atoms with Crippen molar-refractivity contribution in [3.05, 3.63) is 16.1 Å². The van der Waals surface area contributed by atoms with Gasteiger partial charge in [-0.05, 0) is 6.92 Å². The molecule has 7 heteroatoms. The van der Waals surface area contributed by atoms with Gasteiger partial charge in [-0.25, -0.2) is 15.8 Å². The van der Waals surface area contributed by atoms with Crippen molar-refractivity contribution in [2.24, 2.45) is 10.8 Å². The fraction of sp³-hybridized carbons (Fsp3) is 0.556. The predicted octanol–water partition coefficient (Wildman–Crippen LogP) is 0.00682. The lowest BCUT2D eigenvalue weighted by molar-refractivity contribution is 0.203. The number of guanidine groups is 1. The lowest BCUT2D eigenvalue weighted by Gasteiger charge is -2.07. The van der Waals surface area contributed by atoms with Crippen molar-refractivity contribution in [2.75, 3.05) is 20.3 Å². The van der Waals surface area contributed by atoms with Gasteiger partial charge in [-0.2, -0.15) is 0 Å². The van der Waals surface area contributed by atoms with E-state index in [1.54, 1.807) is 18.4 Å². The third-order valence-corrected chi connectivity index (χ3v) is 2.67. The highest BCUT2D eigenvalue weighted by Crippen LogP contribution is 2.11. The lowest BCUT2D eigenvalue weighted by atomic mass is 10.6. The van der Waals surface area contributed by atoms with Crippen LogP contribution in [0.15, 0.2) is 11.2 Å². The Kier molecular flexibility index (Phi) is 5.76. The summed E-state index contributed by atoms with van der Waals surface area (Å²) in [5.74, 6) is 5.87. The summed E-state index contributed by atoms with van der Waals surface area (Å²) < 4.78 is 4.91. The Labute approximate surface area is 98.9 Å². The molecule has 0 saturated carbocycles. The van der Waals surface area contributed by atoms with Crippen LogP contribution in [0, 0.1) is 6.92 Å². The molecule has 0 aliphatic heterocycles.